The van der Waals surface area contributed by atoms with Crippen LogP contribution >= 0.6 is 23.1 Å². The molecule has 3 nitrogen and oxygen atoms in total. The van der Waals surface area contributed by atoms with Crippen molar-refractivity contribution in [1.82, 2.24) is 9.97 Å². The first kappa shape index (κ1) is 14.4. The van der Waals surface area contributed by atoms with Crippen LogP contribution < -0.4 is 5.73 Å². The molecule has 21 heavy (non-hydrogen) atoms. The molecule has 108 valence electrons. The quantitative estimate of drug-likeness (QED) is 0.695. The van der Waals surface area contributed by atoms with Gasteiger partial charge in [-0.3, -0.25) is 0 Å². The topological polar surface area (TPSA) is 51.8 Å². The van der Waals surface area contributed by atoms with Gasteiger partial charge < -0.3 is 5.73 Å². The summed E-state index contributed by atoms with van der Waals surface area (Å²) in [6.45, 7) is 6.57. The van der Waals surface area contributed by atoms with Gasteiger partial charge in [-0.05, 0) is 47.0 Å². The molecule has 2 N–H and O–H groups in total. The standard InChI is InChI=1S/C16H17N3S2/c1-16(2,3)10-4-7-14(18-9-10)21-15-19-12-6-5-11(17)8-13(12)20-15/h4-9H,17H2,1-3H3. The van der Waals surface area contributed by atoms with E-state index >= 15 is 0 Å². The third-order valence-corrected chi connectivity index (χ3v) is 5.22. The van der Waals surface area contributed by atoms with Gasteiger partial charge in [0.15, 0.2) is 4.34 Å². The van der Waals surface area contributed by atoms with Gasteiger partial charge in [-0.25, -0.2) is 9.97 Å². The maximum Gasteiger partial charge on any atom is 0.157 e. The van der Waals surface area contributed by atoms with Gasteiger partial charge in [0.2, 0.25) is 0 Å². The summed E-state index contributed by atoms with van der Waals surface area (Å²) >= 11 is 3.24. The number of rotatable bonds is 2. The van der Waals surface area contributed by atoms with E-state index < -0.39 is 0 Å². The van der Waals surface area contributed by atoms with Crippen LogP contribution in [0.15, 0.2) is 45.9 Å². The van der Waals surface area contributed by atoms with Gasteiger partial charge in [-0.2, -0.15) is 0 Å². The fourth-order valence-electron chi connectivity index (χ4n) is 1.94. The molecule has 0 aliphatic heterocycles. The summed E-state index contributed by atoms with van der Waals surface area (Å²) in [5.41, 5.74) is 8.93. The lowest BCUT2D eigenvalue weighted by atomic mass is 9.88. The average Bonchev–Trinajstić information content (AvgIpc) is 2.79. The molecule has 0 aliphatic carbocycles. The summed E-state index contributed by atoms with van der Waals surface area (Å²) in [6, 6.07) is 10.0. The van der Waals surface area contributed by atoms with Crippen molar-refractivity contribution in [3.8, 4) is 0 Å². The number of pyridine rings is 1. The van der Waals surface area contributed by atoms with Gasteiger partial charge in [-0.1, -0.05) is 26.8 Å². The maximum atomic E-state index is 5.80. The molecule has 0 saturated heterocycles. The van der Waals surface area contributed by atoms with Crippen LogP contribution in [-0.2, 0) is 5.41 Å². The van der Waals surface area contributed by atoms with Crippen molar-refractivity contribution < 1.29 is 0 Å². The molecule has 0 radical (unpaired) electrons. The lowest BCUT2D eigenvalue weighted by Crippen LogP contribution is -2.11. The van der Waals surface area contributed by atoms with E-state index in [-0.39, 0.29) is 5.41 Å². The summed E-state index contributed by atoms with van der Waals surface area (Å²) in [5, 5.41) is 0.968. The Kier molecular flexibility index (Phi) is 3.63. The van der Waals surface area contributed by atoms with Crippen molar-refractivity contribution in [2.24, 2.45) is 0 Å². The Hall–Kier alpha value is -1.59. The van der Waals surface area contributed by atoms with Crippen LogP contribution in [0.5, 0.6) is 0 Å². The summed E-state index contributed by atoms with van der Waals surface area (Å²) in [5.74, 6) is 0. The molecule has 0 spiro atoms. The molecule has 0 unspecified atom stereocenters. The summed E-state index contributed by atoms with van der Waals surface area (Å²) < 4.78 is 2.11. The second-order valence-corrected chi connectivity index (χ2v) is 8.24. The smallest absolute Gasteiger partial charge is 0.157 e. The molecule has 0 fully saturated rings. The number of benzene rings is 1. The Morgan fingerprint density at radius 3 is 2.62 bits per heavy atom. The van der Waals surface area contributed by atoms with Crippen LogP contribution in [0.25, 0.3) is 10.2 Å². The first-order valence-electron chi connectivity index (χ1n) is 6.72. The Labute approximate surface area is 132 Å². The number of nitrogen functional groups attached to an aromatic ring is 1. The Balaban J connectivity index is 1.84. The second kappa shape index (κ2) is 5.31. The molecule has 0 saturated carbocycles. The van der Waals surface area contributed by atoms with E-state index in [1.165, 1.54) is 5.56 Å². The molecule has 0 aliphatic rings. The van der Waals surface area contributed by atoms with Gasteiger partial charge in [0, 0.05) is 11.9 Å². The van der Waals surface area contributed by atoms with E-state index in [9.17, 15) is 0 Å². The minimum Gasteiger partial charge on any atom is -0.399 e. The van der Waals surface area contributed by atoms with Gasteiger partial charge in [0.05, 0.1) is 10.2 Å². The van der Waals surface area contributed by atoms with Crippen molar-refractivity contribution in [3.63, 3.8) is 0 Å². The Morgan fingerprint density at radius 1 is 1.14 bits per heavy atom. The number of thiazole rings is 1. The monoisotopic (exact) mass is 315 g/mol. The zero-order chi connectivity index (χ0) is 15.0. The van der Waals surface area contributed by atoms with Crippen LogP contribution in [0.3, 0.4) is 0 Å². The average molecular weight is 315 g/mol. The number of nitrogens with zero attached hydrogens (tertiary/aromatic N) is 2. The molecule has 1 aromatic carbocycles. The van der Waals surface area contributed by atoms with E-state index in [4.69, 9.17) is 5.73 Å². The van der Waals surface area contributed by atoms with Crippen LogP contribution in [0.2, 0.25) is 0 Å². The molecule has 0 bridgehead atoms. The molecule has 2 aromatic heterocycles. The minimum atomic E-state index is 0.129. The highest BCUT2D eigenvalue weighted by Gasteiger charge is 2.14. The number of aromatic nitrogens is 2. The summed E-state index contributed by atoms with van der Waals surface area (Å²) in [6.07, 6.45) is 1.95. The highest BCUT2D eigenvalue weighted by molar-refractivity contribution is 8.01. The SMILES string of the molecule is CC(C)(C)c1ccc(Sc2nc3ccc(N)cc3s2)nc1. The number of hydrogen-bond acceptors (Lipinski definition) is 5. The van der Waals surface area contributed by atoms with E-state index in [1.54, 1.807) is 23.1 Å². The van der Waals surface area contributed by atoms with Gasteiger partial charge in [0.1, 0.15) is 5.03 Å². The van der Waals surface area contributed by atoms with E-state index in [0.717, 1.165) is 25.3 Å². The molecule has 0 atom stereocenters. The summed E-state index contributed by atoms with van der Waals surface area (Å²) in [4.78, 5) is 9.14. The van der Waals surface area contributed by atoms with Gasteiger partial charge >= 0.3 is 0 Å². The molecule has 5 heteroatoms. The highest BCUT2D eigenvalue weighted by atomic mass is 32.2. The molecule has 3 aromatic rings. The van der Waals surface area contributed by atoms with Crippen molar-refractivity contribution in [2.45, 2.75) is 35.6 Å². The van der Waals surface area contributed by atoms with Crippen LogP contribution in [0.4, 0.5) is 5.69 Å². The van der Waals surface area contributed by atoms with Gasteiger partial charge in [-0.15, -0.1) is 11.3 Å². The third-order valence-electron chi connectivity index (χ3n) is 3.19. The Morgan fingerprint density at radius 2 is 1.95 bits per heavy atom. The second-order valence-electron chi connectivity index (χ2n) is 5.94. The van der Waals surface area contributed by atoms with Crippen molar-refractivity contribution in [2.75, 3.05) is 5.73 Å². The fraction of sp³-hybridized carbons (Fsp3) is 0.250. The van der Waals surface area contributed by atoms with Gasteiger partial charge in [0.25, 0.3) is 0 Å². The van der Waals surface area contributed by atoms with E-state index in [0.29, 0.717) is 0 Å². The predicted octanol–water partition coefficient (Wildman–Crippen LogP) is 4.72. The lowest BCUT2D eigenvalue weighted by Gasteiger charge is -2.18. The number of fused-ring (bicyclic) bond motifs is 1. The van der Waals surface area contributed by atoms with E-state index in [1.807, 2.05) is 24.4 Å². The largest absolute Gasteiger partial charge is 0.399 e. The van der Waals surface area contributed by atoms with Crippen molar-refractivity contribution in [3.05, 3.63) is 42.1 Å². The number of hydrogen-bond donors (Lipinski definition) is 1. The zero-order valence-corrected chi connectivity index (χ0v) is 13.9. The normalized spacial score (nSPS) is 12.0. The molecular formula is C16H17N3S2. The van der Waals surface area contributed by atoms with Crippen molar-refractivity contribution >= 4 is 39.0 Å². The third kappa shape index (κ3) is 3.19. The van der Waals surface area contributed by atoms with Crippen LogP contribution in [0, 0.1) is 0 Å². The number of anilines is 1. The highest BCUT2D eigenvalue weighted by Crippen LogP contribution is 2.34. The van der Waals surface area contributed by atoms with Crippen LogP contribution in [-0.4, -0.2) is 9.97 Å². The lowest BCUT2D eigenvalue weighted by molar-refractivity contribution is 0.586. The minimum absolute atomic E-state index is 0.129. The maximum absolute atomic E-state index is 5.80. The molecular weight excluding hydrogens is 298 g/mol. The van der Waals surface area contributed by atoms with E-state index in [2.05, 4.69) is 42.9 Å². The van der Waals surface area contributed by atoms with Crippen LogP contribution in [0.1, 0.15) is 26.3 Å². The number of nitrogens with two attached hydrogens (primary N) is 1. The predicted molar refractivity (Wildman–Crippen MR) is 91.1 cm³/mol. The Bertz CT molecular complexity index is 770. The summed E-state index contributed by atoms with van der Waals surface area (Å²) in [7, 11) is 0. The zero-order valence-electron chi connectivity index (χ0n) is 12.3. The first-order valence-corrected chi connectivity index (χ1v) is 8.35. The molecule has 2 heterocycles. The molecule has 3 rings (SSSR count). The fourth-order valence-corrected chi connectivity index (χ4v) is 3.94. The van der Waals surface area contributed by atoms with Crippen molar-refractivity contribution in [1.29, 1.82) is 0 Å². The molecule has 0 amide bonds. The first-order chi connectivity index (χ1) is 9.91.